The number of rotatable bonds is 9. The van der Waals surface area contributed by atoms with Crippen LogP contribution in [0.25, 0.3) is 6.08 Å². The number of amides is 1. The number of aromatic nitrogens is 2. The first kappa shape index (κ1) is 23.1. The molecule has 3 aromatic rings. The zero-order chi connectivity index (χ0) is 23.1. The smallest absolute Gasteiger partial charge is 0.244 e. The van der Waals surface area contributed by atoms with Crippen LogP contribution in [0.3, 0.4) is 0 Å². The van der Waals surface area contributed by atoms with E-state index in [1.807, 2.05) is 29.8 Å². The minimum atomic E-state index is -0.519. The number of imidazole rings is 1. The van der Waals surface area contributed by atoms with E-state index in [1.54, 1.807) is 37.7 Å². The molecule has 1 unspecified atom stereocenters. The van der Waals surface area contributed by atoms with E-state index in [0.717, 1.165) is 11.1 Å². The number of carbonyl (C=O) groups is 1. The van der Waals surface area contributed by atoms with Gasteiger partial charge in [0.25, 0.3) is 0 Å². The average Bonchev–Trinajstić information content (AvgIpc) is 3.21. The maximum Gasteiger partial charge on any atom is 0.244 e. The van der Waals surface area contributed by atoms with Gasteiger partial charge in [-0.3, -0.25) is 4.79 Å². The topological polar surface area (TPSA) is 65.4 Å². The number of benzene rings is 2. The molecule has 6 nitrogen and oxygen atoms in total. The highest BCUT2D eigenvalue weighted by atomic mass is 19.1. The number of nitrogens with one attached hydrogen (secondary N) is 1. The number of hydrogen-bond donors (Lipinski definition) is 1. The van der Waals surface area contributed by atoms with Gasteiger partial charge < -0.3 is 19.4 Å². The molecule has 3 rings (SSSR count). The van der Waals surface area contributed by atoms with Crippen molar-refractivity contribution in [1.82, 2.24) is 14.9 Å². The summed E-state index contributed by atoms with van der Waals surface area (Å²) in [7, 11) is 3.42. The van der Waals surface area contributed by atoms with Crippen LogP contribution in [0.4, 0.5) is 4.39 Å². The van der Waals surface area contributed by atoms with Gasteiger partial charge in [0.05, 0.1) is 13.7 Å². The van der Waals surface area contributed by atoms with Gasteiger partial charge in [0.15, 0.2) is 11.5 Å². The quantitative estimate of drug-likeness (QED) is 0.500. The minimum Gasteiger partial charge on any atom is -0.493 e. The summed E-state index contributed by atoms with van der Waals surface area (Å²) >= 11 is 0. The summed E-state index contributed by atoms with van der Waals surface area (Å²) in [4.78, 5) is 17.1. The van der Waals surface area contributed by atoms with Crippen LogP contribution in [0.2, 0.25) is 0 Å². The van der Waals surface area contributed by atoms with E-state index < -0.39 is 6.04 Å². The van der Waals surface area contributed by atoms with Crippen LogP contribution < -0.4 is 14.8 Å². The summed E-state index contributed by atoms with van der Waals surface area (Å²) in [6.07, 6.45) is 6.60. The Morgan fingerprint density at radius 3 is 2.56 bits per heavy atom. The van der Waals surface area contributed by atoms with Gasteiger partial charge >= 0.3 is 0 Å². The minimum absolute atomic E-state index is 0.304. The van der Waals surface area contributed by atoms with Crippen LogP contribution in [0.15, 0.2) is 60.9 Å². The van der Waals surface area contributed by atoms with Crippen LogP contribution in [0.1, 0.15) is 36.8 Å². The number of ether oxygens (including phenoxy) is 2. The number of methoxy groups -OCH3 is 1. The third-order valence-electron chi connectivity index (χ3n) is 4.79. The molecule has 0 aliphatic carbocycles. The van der Waals surface area contributed by atoms with Crippen molar-refractivity contribution in [3.8, 4) is 11.5 Å². The molecule has 7 heteroatoms. The normalized spacial score (nSPS) is 12.2. The molecule has 0 aliphatic heterocycles. The fourth-order valence-corrected chi connectivity index (χ4v) is 3.13. The third kappa shape index (κ3) is 5.97. The molecule has 32 heavy (non-hydrogen) atoms. The molecule has 0 radical (unpaired) electrons. The lowest BCUT2D eigenvalue weighted by atomic mass is 10.1. The summed E-state index contributed by atoms with van der Waals surface area (Å²) in [5.74, 6) is 1.66. The van der Waals surface area contributed by atoms with Crippen molar-refractivity contribution >= 4 is 12.0 Å². The summed E-state index contributed by atoms with van der Waals surface area (Å²) in [6, 6.07) is 11.0. The molecule has 0 bridgehead atoms. The van der Waals surface area contributed by atoms with Crippen LogP contribution >= 0.6 is 0 Å². The fourth-order valence-electron chi connectivity index (χ4n) is 3.13. The predicted molar refractivity (Wildman–Crippen MR) is 122 cm³/mol. The highest BCUT2D eigenvalue weighted by Gasteiger charge is 2.20. The summed E-state index contributed by atoms with van der Waals surface area (Å²) in [6.45, 7) is 4.74. The van der Waals surface area contributed by atoms with E-state index in [1.165, 1.54) is 18.2 Å². The zero-order valence-electron chi connectivity index (χ0n) is 18.7. The monoisotopic (exact) mass is 437 g/mol. The van der Waals surface area contributed by atoms with Gasteiger partial charge in [-0.1, -0.05) is 32.0 Å². The zero-order valence-corrected chi connectivity index (χ0v) is 18.7. The largest absolute Gasteiger partial charge is 0.493 e. The molecule has 0 saturated carbocycles. The van der Waals surface area contributed by atoms with Crippen molar-refractivity contribution in [1.29, 1.82) is 0 Å². The van der Waals surface area contributed by atoms with E-state index in [0.29, 0.717) is 29.8 Å². The highest BCUT2D eigenvalue weighted by molar-refractivity contribution is 5.92. The molecule has 0 fully saturated rings. The van der Waals surface area contributed by atoms with E-state index in [4.69, 9.17) is 9.47 Å². The van der Waals surface area contributed by atoms with E-state index in [9.17, 15) is 9.18 Å². The molecule has 2 aromatic carbocycles. The Balaban J connectivity index is 1.76. The summed E-state index contributed by atoms with van der Waals surface area (Å²) in [5.41, 5.74) is 1.53. The van der Waals surface area contributed by atoms with Crippen LogP contribution in [-0.4, -0.2) is 29.2 Å². The molecule has 1 amide bonds. The lowest BCUT2D eigenvalue weighted by Gasteiger charge is -2.18. The lowest BCUT2D eigenvalue weighted by Crippen LogP contribution is -2.29. The first-order chi connectivity index (χ1) is 15.4. The van der Waals surface area contributed by atoms with Crippen molar-refractivity contribution in [2.45, 2.75) is 19.9 Å². The Labute approximate surface area is 187 Å². The Hall–Kier alpha value is -3.61. The molecule has 0 aliphatic rings. The molecule has 1 atom stereocenters. The van der Waals surface area contributed by atoms with Gasteiger partial charge in [0, 0.05) is 25.5 Å². The van der Waals surface area contributed by atoms with Gasteiger partial charge in [0.2, 0.25) is 5.91 Å². The Morgan fingerprint density at radius 1 is 1.19 bits per heavy atom. The maximum absolute atomic E-state index is 13.4. The van der Waals surface area contributed by atoms with Gasteiger partial charge in [-0.2, -0.15) is 0 Å². The molecule has 1 heterocycles. The van der Waals surface area contributed by atoms with Gasteiger partial charge in [-0.15, -0.1) is 0 Å². The second-order valence-corrected chi connectivity index (χ2v) is 7.84. The molecular formula is C25H28FN3O3. The van der Waals surface area contributed by atoms with Gasteiger partial charge in [-0.25, -0.2) is 9.37 Å². The second-order valence-electron chi connectivity index (χ2n) is 7.84. The Morgan fingerprint density at radius 2 is 1.94 bits per heavy atom. The van der Waals surface area contributed by atoms with Crippen molar-refractivity contribution in [2.75, 3.05) is 13.7 Å². The van der Waals surface area contributed by atoms with Crippen molar-refractivity contribution in [3.05, 3.63) is 83.7 Å². The SMILES string of the molecule is COc1cc(/C=C/C(=O)NC(c2ccc(F)cc2)c2nccn2C)ccc1OCC(C)C. The standard InChI is InChI=1S/C25H28FN3O3/c1-17(2)16-32-21-11-5-18(15-22(21)31-4)6-12-23(30)28-24(25-27-13-14-29(25)3)19-7-9-20(26)10-8-19/h5-15,17,24H,16H2,1-4H3,(H,28,30)/b12-6+. The fraction of sp³-hybridized carbons (Fsp3) is 0.280. The number of carbonyl (C=O) groups excluding carboxylic acids is 1. The summed E-state index contributed by atoms with van der Waals surface area (Å²) in [5, 5.41) is 2.95. The number of hydrogen-bond acceptors (Lipinski definition) is 4. The summed E-state index contributed by atoms with van der Waals surface area (Å²) < 4.78 is 26.4. The van der Waals surface area contributed by atoms with E-state index >= 15 is 0 Å². The van der Waals surface area contributed by atoms with Crippen molar-refractivity contribution < 1.29 is 18.7 Å². The van der Waals surface area contributed by atoms with E-state index in [-0.39, 0.29) is 11.7 Å². The number of nitrogens with zero attached hydrogens (tertiary/aromatic N) is 2. The van der Waals surface area contributed by atoms with Crippen LogP contribution in [0.5, 0.6) is 11.5 Å². The van der Waals surface area contributed by atoms with Crippen molar-refractivity contribution in [3.63, 3.8) is 0 Å². The van der Waals surface area contributed by atoms with Gasteiger partial charge in [-0.05, 0) is 47.4 Å². The second kappa shape index (κ2) is 10.6. The maximum atomic E-state index is 13.4. The molecule has 0 saturated heterocycles. The van der Waals surface area contributed by atoms with Gasteiger partial charge in [0.1, 0.15) is 17.7 Å². The highest BCUT2D eigenvalue weighted by Crippen LogP contribution is 2.29. The third-order valence-corrected chi connectivity index (χ3v) is 4.79. The molecule has 0 spiro atoms. The first-order valence-electron chi connectivity index (χ1n) is 10.4. The predicted octanol–water partition coefficient (Wildman–Crippen LogP) is 4.52. The lowest BCUT2D eigenvalue weighted by molar-refractivity contribution is -0.117. The molecule has 1 N–H and O–H groups in total. The molecule has 168 valence electrons. The van der Waals surface area contributed by atoms with Crippen molar-refractivity contribution in [2.24, 2.45) is 13.0 Å². The molecular weight excluding hydrogens is 409 g/mol. The number of halogens is 1. The Kier molecular flexibility index (Phi) is 7.65. The Bertz CT molecular complexity index is 1070. The first-order valence-corrected chi connectivity index (χ1v) is 10.4. The molecule has 1 aromatic heterocycles. The van der Waals surface area contributed by atoms with E-state index in [2.05, 4.69) is 24.1 Å². The van der Waals surface area contributed by atoms with Crippen LogP contribution in [0, 0.1) is 11.7 Å². The van der Waals surface area contributed by atoms with Crippen LogP contribution in [-0.2, 0) is 11.8 Å². The number of aryl methyl sites for hydroxylation is 1. The average molecular weight is 438 g/mol.